The third kappa shape index (κ3) is 4.45. The fraction of sp³-hybridized carbons (Fsp3) is 0.500. The molecule has 1 aromatic carbocycles. The van der Waals surface area contributed by atoms with E-state index in [2.05, 4.69) is 0 Å². The number of hydrogen-bond acceptors (Lipinski definition) is 2. The van der Waals surface area contributed by atoms with Crippen LogP contribution in [-0.4, -0.2) is 25.6 Å². The number of benzene rings is 1. The van der Waals surface area contributed by atoms with Crippen LogP contribution in [-0.2, 0) is 5.88 Å². The standard InChI is InChI=1S/C12H13ClF4O2/c1-2-18-10-5-8(6-13)3-4-9(10)19-7-12(16,17)11(14)15/h3-5,11H,2,6-7H2,1H3. The molecule has 0 aliphatic rings. The number of halogens is 5. The quantitative estimate of drug-likeness (QED) is 0.557. The molecule has 0 aromatic heterocycles. The van der Waals surface area contributed by atoms with E-state index in [0.29, 0.717) is 5.56 Å². The Morgan fingerprint density at radius 1 is 1.21 bits per heavy atom. The van der Waals surface area contributed by atoms with Crippen LogP contribution >= 0.6 is 11.6 Å². The largest absolute Gasteiger partial charge is 0.490 e. The van der Waals surface area contributed by atoms with Gasteiger partial charge in [0.25, 0.3) is 0 Å². The van der Waals surface area contributed by atoms with Gasteiger partial charge in [-0.2, -0.15) is 8.78 Å². The molecule has 0 aliphatic heterocycles. The highest BCUT2D eigenvalue weighted by molar-refractivity contribution is 6.17. The van der Waals surface area contributed by atoms with Gasteiger partial charge >= 0.3 is 12.3 Å². The van der Waals surface area contributed by atoms with Gasteiger partial charge in [0.05, 0.1) is 6.61 Å². The van der Waals surface area contributed by atoms with E-state index in [-0.39, 0.29) is 24.0 Å². The van der Waals surface area contributed by atoms with Crippen LogP contribution in [0.4, 0.5) is 17.6 Å². The summed E-state index contributed by atoms with van der Waals surface area (Å²) < 4.78 is 59.4. The lowest BCUT2D eigenvalue weighted by atomic mass is 10.2. The third-order valence-corrected chi connectivity index (χ3v) is 2.51. The van der Waals surface area contributed by atoms with Crippen molar-refractivity contribution in [1.82, 2.24) is 0 Å². The normalized spacial score (nSPS) is 11.7. The predicted octanol–water partition coefficient (Wildman–Crippen LogP) is 4.10. The van der Waals surface area contributed by atoms with E-state index < -0.39 is 19.0 Å². The van der Waals surface area contributed by atoms with E-state index in [4.69, 9.17) is 21.1 Å². The highest BCUT2D eigenvalue weighted by atomic mass is 35.5. The van der Waals surface area contributed by atoms with Gasteiger partial charge < -0.3 is 9.47 Å². The summed E-state index contributed by atoms with van der Waals surface area (Å²) in [5, 5.41) is 0. The van der Waals surface area contributed by atoms with Crippen molar-refractivity contribution in [3.8, 4) is 11.5 Å². The van der Waals surface area contributed by atoms with Gasteiger partial charge in [0.2, 0.25) is 0 Å². The van der Waals surface area contributed by atoms with Gasteiger partial charge in [-0.05, 0) is 24.6 Å². The molecular weight excluding hydrogens is 288 g/mol. The Morgan fingerprint density at radius 3 is 2.42 bits per heavy atom. The van der Waals surface area contributed by atoms with Crippen molar-refractivity contribution in [3.63, 3.8) is 0 Å². The Balaban J connectivity index is 2.82. The summed E-state index contributed by atoms with van der Waals surface area (Å²) in [7, 11) is 0. The average Bonchev–Trinajstić information content (AvgIpc) is 2.37. The second kappa shape index (κ2) is 6.84. The van der Waals surface area contributed by atoms with E-state index in [1.807, 2.05) is 0 Å². The molecule has 1 rings (SSSR count). The minimum absolute atomic E-state index is 0.0176. The number of hydrogen-bond donors (Lipinski definition) is 0. The molecule has 1 aromatic rings. The molecule has 0 aliphatic carbocycles. The average molecular weight is 301 g/mol. The van der Waals surface area contributed by atoms with Crippen molar-refractivity contribution >= 4 is 11.6 Å². The van der Waals surface area contributed by atoms with E-state index in [1.165, 1.54) is 12.1 Å². The summed E-state index contributed by atoms with van der Waals surface area (Å²) in [5.41, 5.74) is 0.707. The SMILES string of the molecule is CCOc1cc(CCl)ccc1OCC(F)(F)C(F)F. The zero-order chi connectivity index (χ0) is 14.5. The molecule has 108 valence electrons. The molecule has 0 unspecified atom stereocenters. The fourth-order valence-corrected chi connectivity index (χ4v) is 1.43. The Bertz CT molecular complexity index is 413. The smallest absolute Gasteiger partial charge is 0.340 e. The van der Waals surface area contributed by atoms with Crippen molar-refractivity contribution in [1.29, 1.82) is 0 Å². The molecule has 0 fully saturated rings. The summed E-state index contributed by atoms with van der Waals surface area (Å²) in [6.07, 6.45) is -3.77. The lowest BCUT2D eigenvalue weighted by Crippen LogP contribution is -2.33. The molecule has 0 heterocycles. The van der Waals surface area contributed by atoms with Crippen molar-refractivity contribution in [3.05, 3.63) is 23.8 Å². The molecule has 2 nitrogen and oxygen atoms in total. The maximum atomic E-state index is 12.8. The first-order chi connectivity index (χ1) is 8.90. The molecule has 0 bridgehead atoms. The molecule has 0 radical (unpaired) electrons. The maximum Gasteiger partial charge on any atom is 0.340 e. The minimum Gasteiger partial charge on any atom is -0.490 e. The molecule has 0 N–H and O–H groups in total. The van der Waals surface area contributed by atoms with Crippen LogP contribution < -0.4 is 9.47 Å². The van der Waals surface area contributed by atoms with Crippen LogP contribution in [0, 0.1) is 0 Å². The molecule has 0 spiro atoms. The van der Waals surface area contributed by atoms with Crippen molar-refractivity contribution < 1.29 is 27.0 Å². The first-order valence-electron chi connectivity index (χ1n) is 5.51. The van der Waals surface area contributed by atoms with E-state index in [1.54, 1.807) is 13.0 Å². The van der Waals surface area contributed by atoms with Crippen molar-refractivity contribution in [2.75, 3.05) is 13.2 Å². The van der Waals surface area contributed by atoms with Crippen LogP contribution in [0.3, 0.4) is 0 Å². The molecular formula is C12H13ClF4O2. The van der Waals surface area contributed by atoms with Crippen LogP contribution in [0.15, 0.2) is 18.2 Å². The molecule has 0 amide bonds. The molecule has 0 saturated heterocycles. The third-order valence-electron chi connectivity index (χ3n) is 2.20. The molecule has 19 heavy (non-hydrogen) atoms. The zero-order valence-electron chi connectivity index (χ0n) is 10.1. The highest BCUT2D eigenvalue weighted by Crippen LogP contribution is 2.31. The van der Waals surface area contributed by atoms with Crippen LogP contribution in [0.5, 0.6) is 11.5 Å². The van der Waals surface area contributed by atoms with Gasteiger partial charge in [0, 0.05) is 5.88 Å². The van der Waals surface area contributed by atoms with Gasteiger partial charge in [0.15, 0.2) is 18.1 Å². The summed E-state index contributed by atoms with van der Waals surface area (Å²) in [5.74, 6) is -3.80. The summed E-state index contributed by atoms with van der Waals surface area (Å²) in [6, 6.07) is 4.43. The first kappa shape index (κ1) is 15.9. The lowest BCUT2D eigenvalue weighted by Gasteiger charge is -2.18. The molecule has 0 atom stereocenters. The van der Waals surface area contributed by atoms with Crippen LogP contribution in [0.2, 0.25) is 0 Å². The predicted molar refractivity (Wildman–Crippen MR) is 63.6 cm³/mol. The van der Waals surface area contributed by atoms with Crippen LogP contribution in [0.25, 0.3) is 0 Å². The Labute approximate surface area is 113 Å². The Kier molecular flexibility index (Phi) is 5.72. The van der Waals surface area contributed by atoms with Gasteiger partial charge in [-0.25, -0.2) is 8.78 Å². The number of ether oxygens (including phenoxy) is 2. The minimum atomic E-state index is -4.20. The van der Waals surface area contributed by atoms with Gasteiger partial charge in [-0.15, -0.1) is 11.6 Å². The Hall–Kier alpha value is -1.17. The summed E-state index contributed by atoms with van der Waals surface area (Å²) in [4.78, 5) is 0. The topological polar surface area (TPSA) is 18.5 Å². The second-order valence-electron chi connectivity index (χ2n) is 3.70. The fourth-order valence-electron chi connectivity index (χ4n) is 1.26. The number of rotatable bonds is 7. The Morgan fingerprint density at radius 2 is 1.89 bits per heavy atom. The molecule has 0 saturated carbocycles. The first-order valence-corrected chi connectivity index (χ1v) is 6.04. The monoisotopic (exact) mass is 300 g/mol. The summed E-state index contributed by atoms with van der Waals surface area (Å²) >= 11 is 5.63. The van der Waals surface area contributed by atoms with Crippen molar-refractivity contribution in [2.24, 2.45) is 0 Å². The highest BCUT2D eigenvalue weighted by Gasteiger charge is 2.41. The lowest BCUT2D eigenvalue weighted by molar-refractivity contribution is -0.148. The zero-order valence-corrected chi connectivity index (χ0v) is 10.9. The second-order valence-corrected chi connectivity index (χ2v) is 3.97. The van der Waals surface area contributed by atoms with E-state index >= 15 is 0 Å². The van der Waals surface area contributed by atoms with Gasteiger partial charge in [0.1, 0.15) is 0 Å². The van der Waals surface area contributed by atoms with Gasteiger partial charge in [-0.1, -0.05) is 6.07 Å². The van der Waals surface area contributed by atoms with E-state index in [0.717, 1.165) is 0 Å². The van der Waals surface area contributed by atoms with Gasteiger partial charge in [-0.3, -0.25) is 0 Å². The summed E-state index contributed by atoms with van der Waals surface area (Å²) in [6.45, 7) is 0.573. The van der Waals surface area contributed by atoms with Crippen LogP contribution in [0.1, 0.15) is 12.5 Å². The van der Waals surface area contributed by atoms with E-state index in [9.17, 15) is 17.6 Å². The number of alkyl halides is 5. The molecule has 7 heteroatoms. The van der Waals surface area contributed by atoms with Crippen molar-refractivity contribution in [2.45, 2.75) is 25.2 Å². The maximum absolute atomic E-state index is 12.8.